The van der Waals surface area contributed by atoms with E-state index in [1.54, 1.807) is 24.5 Å². The number of pyridine rings is 1. The third-order valence-electron chi connectivity index (χ3n) is 2.65. The maximum absolute atomic E-state index is 11.6. The van der Waals surface area contributed by atoms with Crippen LogP contribution in [0.15, 0.2) is 24.5 Å². The Kier molecular flexibility index (Phi) is 6.35. The molecule has 0 aliphatic rings. The largest absolute Gasteiger partial charge is 0.480 e. The standard InChI is InChI=1S/C13H19N3O3/c1-2-3-4-11(12(17)18)16-13(19)15-9-10-5-7-14-8-6-10/h5-8,11H,2-4,9H2,1H3,(H,17,18)(H2,15,16,19). The van der Waals surface area contributed by atoms with Crippen molar-refractivity contribution in [2.24, 2.45) is 0 Å². The first-order valence-electron chi connectivity index (χ1n) is 6.29. The Bertz CT molecular complexity index is 409. The first-order valence-corrected chi connectivity index (χ1v) is 6.29. The van der Waals surface area contributed by atoms with Gasteiger partial charge in [-0.05, 0) is 24.1 Å². The van der Waals surface area contributed by atoms with Crippen LogP contribution >= 0.6 is 0 Å². The third kappa shape index (κ3) is 5.85. The third-order valence-corrected chi connectivity index (χ3v) is 2.65. The minimum atomic E-state index is -1.01. The van der Waals surface area contributed by atoms with Gasteiger partial charge in [0.2, 0.25) is 0 Å². The molecule has 0 fully saturated rings. The van der Waals surface area contributed by atoms with Crippen LogP contribution in [0.5, 0.6) is 0 Å². The molecule has 0 saturated heterocycles. The highest BCUT2D eigenvalue weighted by atomic mass is 16.4. The second kappa shape index (κ2) is 8.07. The Hall–Kier alpha value is -2.11. The lowest BCUT2D eigenvalue weighted by atomic mass is 10.1. The SMILES string of the molecule is CCCCC(NC(=O)NCc1ccncc1)C(=O)O. The minimum absolute atomic E-state index is 0.342. The predicted octanol–water partition coefficient (Wildman–Crippen LogP) is 1.52. The lowest BCUT2D eigenvalue weighted by Crippen LogP contribution is -2.45. The quantitative estimate of drug-likeness (QED) is 0.697. The van der Waals surface area contributed by atoms with Crippen LogP contribution in [0.4, 0.5) is 4.79 Å². The van der Waals surface area contributed by atoms with Gasteiger partial charge >= 0.3 is 12.0 Å². The fraction of sp³-hybridized carbons (Fsp3) is 0.462. The Balaban J connectivity index is 2.38. The second-order valence-corrected chi connectivity index (χ2v) is 4.22. The Morgan fingerprint density at radius 1 is 1.37 bits per heavy atom. The van der Waals surface area contributed by atoms with Crippen LogP contribution in [0.3, 0.4) is 0 Å². The van der Waals surface area contributed by atoms with E-state index in [0.29, 0.717) is 13.0 Å². The summed E-state index contributed by atoms with van der Waals surface area (Å²) in [5.74, 6) is -1.01. The highest BCUT2D eigenvalue weighted by Gasteiger charge is 2.18. The van der Waals surface area contributed by atoms with Gasteiger partial charge in [-0.1, -0.05) is 19.8 Å². The summed E-state index contributed by atoms with van der Waals surface area (Å²) in [6.45, 7) is 2.32. The summed E-state index contributed by atoms with van der Waals surface area (Å²) in [4.78, 5) is 26.4. The number of carboxylic acids is 1. The van der Waals surface area contributed by atoms with Gasteiger partial charge in [0.05, 0.1) is 0 Å². The number of aromatic nitrogens is 1. The van der Waals surface area contributed by atoms with Gasteiger partial charge in [-0.2, -0.15) is 0 Å². The lowest BCUT2D eigenvalue weighted by Gasteiger charge is -2.14. The van der Waals surface area contributed by atoms with Crippen molar-refractivity contribution in [3.8, 4) is 0 Å². The van der Waals surface area contributed by atoms with Crippen LogP contribution in [-0.4, -0.2) is 28.1 Å². The summed E-state index contributed by atoms with van der Waals surface area (Å²) in [7, 11) is 0. The molecule has 6 nitrogen and oxygen atoms in total. The van der Waals surface area contributed by atoms with Crippen molar-refractivity contribution in [3.63, 3.8) is 0 Å². The van der Waals surface area contributed by atoms with E-state index in [-0.39, 0.29) is 0 Å². The molecule has 1 unspecified atom stereocenters. The maximum atomic E-state index is 11.6. The number of unbranched alkanes of at least 4 members (excludes halogenated alkanes) is 1. The Labute approximate surface area is 112 Å². The van der Waals surface area contributed by atoms with Crippen molar-refractivity contribution >= 4 is 12.0 Å². The lowest BCUT2D eigenvalue weighted by molar-refractivity contribution is -0.139. The van der Waals surface area contributed by atoms with Crippen molar-refractivity contribution in [2.45, 2.75) is 38.8 Å². The number of rotatable bonds is 7. The molecular formula is C13H19N3O3. The number of carbonyl (C=O) groups excluding carboxylic acids is 1. The van der Waals surface area contributed by atoms with Crippen molar-refractivity contribution < 1.29 is 14.7 Å². The van der Waals surface area contributed by atoms with E-state index >= 15 is 0 Å². The molecule has 0 saturated carbocycles. The maximum Gasteiger partial charge on any atom is 0.326 e. The van der Waals surface area contributed by atoms with Gasteiger partial charge in [0.1, 0.15) is 6.04 Å². The van der Waals surface area contributed by atoms with Crippen molar-refractivity contribution in [1.29, 1.82) is 0 Å². The van der Waals surface area contributed by atoms with Gasteiger partial charge < -0.3 is 15.7 Å². The van der Waals surface area contributed by atoms with Gasteiger partial charge in [0.15, 0.2) is 0 Å². The second-order valence-electron chi connectivity index (χ2n) is 4.22. The van der Waals surface area contributed by atoms with Gasteiger partial charge in [-0.15, -0.1) is 0 Å². The number of hydrogen-bond donors (Lipinski definition) is 3. The number of carboxylic acid groups (broad SMARTS) is 1. The highest BCUT2D eigenvalue weighted by molar-refractivity contribution is 5.82. The monoisotopic (exact) mass is 265 g/mol. The van der Waals surface area contributed by atoms with E-state index in [9.17, 15) is 9.59 Å². The topological polar surface area (TPSA) is 91.3 Å². The molecule has 0 aliphatic heterocycles. The van der Waals surface area contributed by atoms with E-state index < -0.39 is 18.0 Å². The molecule has 19 heavy (non-hydrogen) atoms. The van der Waals surface area contributed by atoms with Crippen LogP contribution in [-0.2, 0) is 11.3 Å². The first-order chi connectivity index (χ1) is 9.13. The predicted molar refractivity (Wildman–Crippen MR) is 70.6 cm³/mol. The molecule has 104 valence electrons. The Morgan fingerprint density at radius 3 is 2.63 bits per heavy atom. The number of nitrogens with one attached hydrogen (secondary N) is 2. The molecule has 1 aromatic rings. The number of amides is 2. The van der Waals surface area contributed by atoms with E-state index in [0.717, 1.165) is 18.4 Å². The molecular weight excluding hydrogens is 246 g/mol. The zero-order chi connectivity index (χ0) is 14.1. The molecule has 1 rings (SSSR count). The fourth-order valence-corrected chi connectivity index (χ4v) is 1.56. The average molecular weight is 265 g/mol. The highest BCUT2D eigenvalue weighted by Crippen LogP contribution is 2.01. The van der Waals surface area contributed by atoms with E-state index in [1.807, 2.05) is 6.92 Å². The van der Waals surface area contributed by atoms with Gasteiger partial charge in [0, 0.05) is 18.9 Å². The van der Waals surface area contributed by atoms with Crippen LogP contribution in [0.25, 0.3) is 0 Å². The summed E-state index contributed by atoms with van der Waals surface area (Å²) in [6, 6.07) is 2.26. The smallest absolute Gasteiger partial charge is 0.326 e. The molecule has 0 aliphatic carbocycles. The molecule has 0 spiro atoms. The molecule has 1 atom stereocenters. The fourth-order valence-electron chi connectivity index (χ4n) is 1.56. The van der Waals surface area contributed by atoms with Crippen molar-refractivity contribution in [3.05, 3.63) is 30.1 Å². The summed E-state index contributed by atoms with van der Waals surface area (Å²) in [6.07, 6.45) is 5.37. The molecule has 0 radical (unpaired) electrons. The van der Waals surface area contributed by atoms with Gasteiger partial charge in [0.25, 0.3) is 0 Å². The van der Waals surface area contributed by atoms with Crippen LogP contribution in [0, 0.1) is 0 Å². The number of nitrogens with zero attached hydrogens (tertiary/aromatic N) is 1. The van der Waals surface area contributed by atoms with Crippen molar-refractivity contribution in [1.82, 2.24) is 15.6 Å². The van der Waals surface area contributed by atoms with E-state index in [4.69, 9.17) is 5.11 Å². The van der Waals surface area contributed by atoms with E-state index in [1.165, 1.54) is 0 Å². The van der Waals surface area contributed by atoms with Gasteiger partial charge in [-0.25, -0.2) is 9.59 Å². The summed E-state index contributed by atoms with van der Waals surface area (Å²) >= 11 is 0. The van der Waals surface area contributed by atoms with E-state index in [2.05, 4.69) is 15.6 Å². The van der Waals surface area contributed by atoms with Crippen LogP contribution in [0.2, 0.25) is 0 Å². The molecule has 6 heteroatoms. The Morgan fingerprint density at radius 2 is 2.05 bits per heavy atom. The molecule has 0 bridgehead atoms. The molecule has 0 aromatic carbocycles. The van der Waals surface area contributed by atoms with Crippen molar-refractivity contribution in [2.75, 3.05) is 0 Å². The number of urea groups is 1. The summed E-state index contributed by atoms with van der Waals surface area (Å²) in [5, 5.41) is 14.1. The summed E-state index contributed by atoms with van der Waals surface area (Å²) in [5.41, 5.74) is 0.908. The minimum Gasteiger partial charge on any atom is -0.480 e. The summed E-state index contributed by atoms with van der Waals surface area (Å²) < 4.78 is 0. The number of aliphatic carboxylic acids is 1. The van der Waals surface area contributed by atoms with Crippen LogP contribution < -0.4 is 10.6 Å². The first kappa shape index (κ1) is 14.9. The zero-order valence-electron chi connectivity index (χ0n) is 10.9. The average Bonchev–Trinajstić information content (AvgIpc) is 2.42. The number of hydrogen-bond acceptors (Lipinski definition) is 3. The van der Waals surface area contributed by atoms with Crippen LogP contribution in [0.1, 0.15) is 31.7 Å². The molecule has 1 heterocycles. The van der Waals surface area contributed by atoms with Gasteiger partial charge in [-0.3, -0.25) is 4.98 Å². The number of carbonyl (C=O) groups is 2. The molecule has 2 amide bonds. The molecule has 3 N–H and O–H groups in total. The normalized spacial score (nSPS) is 11.6. The molecule has 1 aromatic heterocycles. The zero-order valence-corrected chi connectivity index (χ0v) is 10.9.